The highest BCUT2D eigenvalue weighted by Gasteiger charge is 2.12. The fourth-order valence-electron chi connectivity index (χ4n) is 2.79. The number of aliphatic hydroxyl groups excluding tert-OH is 1. The van der Waals surface area contributed by atoms with Crippen LogP contribution in [0.15, 0.2) is 55.1 Å². The molecule has 2 aromatic heterocycles. The lowest BCUT2D eigenvalue weighted by Crippen LogP contribution is -2.11. The molecule has 0 spiro atoms. The van der Waals surface area contributed by atoms with Gasteiger partial charge in [-0.15, -0.1) is 0 Å². The van der Waals surface area contributed by atoms with Gasteiger partial charge in [0, 0.05) is 23.5 Å². The Bertz CT molecular complexity index is 855. The zero-order valence-electron chi connectivity index (χ0n) is 14.9. The van der Waals surface area contributed by atoms with Crippen LogP contribution in [0.3, 0.4) is 0 Å². The molecule has 0 radical (unpaired) electrons. The first-order valence-corrected chi connectivity index (χ1v) is 8.51. The van der Waals surface area contributed by atoms with E-state index in [1.165, 1.54) is 0 Å². The fourth-order valence-corrected chi connectivity index (χ4v) is 2.79. The van der Waals surface area contributed by atoms with E-state index in [2.05, 4.69) is 27.2 Å². The molecular weight excluding hydrogens is 328 g/mol. The number of hydrogen-bond donors (Lipinski definition) is 2. The second-order valence-corrected chi connectivity index (χ2v) is 5.87. The van der Waals surface area contributed by atoms with Crippen molar-refractivity contribution < 1.29 is 9.84 Å². The molecule has 2 heterocycles. The maximum Gasteiger partial charge on any atom is 0.145 e. The molecule has 3 aromatic rings. The van der Waals surface area contributed by atoms with Crippen LogP contribution in [0.2, 0.25) is 0 Å². The summed E-state index contributed by atoms with van der Waals surface area (Å²) in [5.74, 6) is 1.33. The Morgan fingerprint density at radius 2 is 2.04 bits per heavy atom. The first-order chi connectivity index (χ1) is 12.7. The average molecular weight is 350 g/mol. The summed E-state index contributed by atoms with van der Waals surface area (Å²) in [6.07, 6.45) is 7.94. The minimum absolute atomic E-state index is 0.0694. The predicted molar refractivity (Wildman–Crippen MR) is 101 cm³/mol. The minimum atomic E-state index is -0.0694. The van der Waals surface area contributed by atoms with Gasteiger partial charge in [0.1, 0.15) is 11.6 Å². The number of nitrogens with zero attached hydrogens (tertiary/aromatic N) is 3. The molecule has 0 saturated carbocycles. The lowest BCUT2D eigenvalue weighted by atomic mass is 10.1. The van der Waals surface area contributed by atoms with Crippen molar-refractivity contribution in [2.75, 3.05) is 12.4 Å². The number of aliphatic hydroxyl groups is 1. The van der Waals surface area contributed by atoms with E-state index in [-0.39, 0.29) is 12.6 Å². The van der Waals surface area contributed by atoms with Crippen LogP contribution >= 0.6 is 0 Å². The van der Waals surface area contributed by atoms with E-state index in [1.807, 2.05) is 36.5 Å². The summed E-state index contributed by atoms with van der Waals surface area (Å²) in [6, 6.07) is 9.68. The van der Waals surface area contributed by atoms with Crippen LogP contribution in [0.1, 0.15) is 30.5 Å². The Balaban J connectivity index is 1.86. The highest BCUT2D eigenvalue weighted by Crippen LogP contribution is 2.27. The van der Waals surface area contributed by atoms with Gasteiger partial charge in [0.2, 0.25) is 0 Å². The summed E-state index contributed by atoms with van der Waals surface area (Å²) in [4.78, 5) is 13.2. The van der Waals surface area contributed by atoms with Gasteiger partial charge in [-0.25, -0.2) is 4.98 Å². The van der Waals surface area contributed by atoms with E-state index in [0.29, 0.717) is 11.6 Å². The van der Waals surface area contributed by atoms with Gasteiger partial charge in [-0.1, -0.05) is 25.1 Å². The summed E-state index contributed by atoms with van der Waals surface area (Å²) in [5, 5.41) is 12.8. The third-order valence-electron chi connectivity index (χ3n) is 4.20. The zero-order chi connectivity index (χ0) is 18.4. The van der Waals surface area contributed by atoms with E-state index in [9.17, 15) is 5.11 Å². The molecule has 1 atom stereocenters. The van der Waals surface area contributed by atoms with E-state index in [0.717, 1.165) is 28.8 Å². The van der Waals surface area contributed by atoms with Crippen LogP contribution in [0.25, 0.3) is 11.3 Å². The number of ether oxygens (including phenoxy) is 1. The van der Waals surface area contributed by atoms with E-state index < -0.39 is 0 Å². The predicted octanol–water partition coefficient (Wildman–Crippen LogP) is 3.60. The highest BCUT2D eigenvalue weighted by atomic mass is 16.5. The van der Waals surface area contributed by atoms with Crippen molar-refractivity contribution >= 4 is 5.82 Å². The number of anilines is 1. The molecule has 3 rings (SSSR count). The summed E-state index contributed by atoms with van der Waals surface area (Å²) in [7, 11) is 1.58. The maximum absolute atomic E-state index is 9.37. The molecule has 134 valence electrons. The standard InChI is InChI=1S/C20H22N4O2/c1-3-17(15-5-4-8-21-10-15)23-20-12-22-11-18(24-20)14-6-7-16(13-25)19(9-14)26-2/h4-12,17,25H,3,13H2,1-2H3,(H,23,24). The molecule has 6 heteroatoms. The first-order valence-electron chi connectivity index (χ1n) is 8.51. The zero-order valence-corrected chi connectivity index (χ0v) is 14.9. The van der Waals surface area contributed by atoms with Gasteiger partial charge < -0.3 is 15.2 Å². The van der Waals surface area contributed by atoms with Gasteiger partial charge in [-0.2, -0.15) is 0 Å². The van der Waals surface area contributed by atoms with Gasteiger partial charge in [-0.3, -0.25) is 9.97 Å². The van der Waals surface area contributed by atoms with Crippen LogP contribution in [-0.4, -0.2) is 27.2 Å². The maximum atomic E-state index is 9.37. The Morgan fingerprint density at radius 1 is 1.15 bits per heavy atom. The number of pyridine rings is 1. The van der Waals surface area contributed by atoms with Crippen LogP contribution in [0, 0.1) is 0 Å². The van der Waals surface area contributed by atoms with Gasteiger partial charge in [0.25, 0.3) is 0 Å². The molecule has 0 aliphatic rings. The van der Waals surface area contributed by atoms with E-state index in [4.69, 9.17) is 4.74 Å². The van der Waals surface area contributed by atoms with Crippen molar-refractivity contribution in [3.8, 4) is 17.0 Å². The Hall–Kier alpha value is -2.99. The molecule has 0 bridgehead atoms. The molecule has 0 aliphatic carbocycles. The van der Waals surface area contributed by atoms with E-state index in [1.54, 1.807) is 25.7 Å². The largest absolute Gasteiger partial charge is 0.496 e. The van der Waals surface area contributed by atoms with Crippen LogP contribution in [0.5, 0.6) is 5.75 Å². The molecule has 1 aromatic carbocycles. The topological polar surface area (TPSA) is 80.2 Å². The normalized spacial score (nSPS) is 11.8. The Morgan fingerprint density at radius 3 is 2.73 bits per heavy atom. The number of rotatable bonds is 7. The summed E-state index contributed by atoms with van der Waals surface area (Å²) in [6.45, 7) is 2.04. The molecule has 0 fully saturated rings. The van der Waals surface area contributed by atoms with Crippen LogP contribution < -0.4 is 10.1 Å². The lowest BCUT2D eigenvalue weighted by molar-refractivity contribution is 0.274. The highest BCUT2D eigenvalue weighted by molar-refractivity contribution is 5.63. The third kappa shape index (κ3) is 3.97. The van der Waals surface area contributed by atoms with E-state index >= 15 is 0 Å². The number of methoxy groups -OCH3 is 1. The Labute approximate surface area is 152 Å². The van der Waals surface area contributed by atoms with Gasteiger partial charge >= 0.3 is 0 Å². The summed E-state index contributed by atoms with van der Waals surface area (Å²) < 4.78 is 5.34. The van der Waals surface area contributed by atoms with Crippen molar-refractivity contribution in [2.45, 2.75) is 26.0 Å². The summed E-state index contributed by atoms with van der Waals surface area (Å²) in [5.41, 5.74) is 3.46. The van der Waals surface area contributed by atoms with Crippen LogP contribution in [-0.2, 0) is 6.61 Å². The quantitative estimate of drug-likeness (QED) is 0.678. The number of aromatic nitrogens is 3. The SMILES string of the molecule is CCC(Nc1cncc(-c2ccc(CO)c(OC)c2)n1)c1cccnc1. The second-order valence-electron chi connectivity index (χ2n) is 5.87. The number of nitrogens with one attached hydrogen (secondary N) is 1. The molecule has 1 unspecified atom stereocenters. The van der Waals surface area contributed by atoms with Crippen molar-refractivity contribution in [3.05, 3.63) is 66.2 Å². The molecule has 26 heavy (non-hydrogen) atoms. The second kappa shape index (κ2) is 8.40. The smallest absolute Gasteiger partial charge is 0.145 e. The third-order valence-corrected chi connectivity index (χ3v) is 4.20. The van der Waals surface area contributed by atoms with Crippen LogP contribution in [0.4, 0.5) is 5.82 Å². The van der Waals surface area contributed by atoms with Gasteiger partial charge in [0.05, 0.1) is 37.8 Å². The summed E-state index contributed by atoms with van der Waals surface area (Å²) >= 11 is 0. The van der Waals surface area contributed by atoms with Gasteiger partial charge in [-0.05, 0) is 24.1 Å². The number of benzene rings is 1. The van der Waals surface area contributed by atoms with Crippen molar-refractivity contribution in [1.82, 2.24) is 15.0 Å². The van der Waals surface area contributed by atoms with Crippen molar-refractivity contribution in [3.63, 3.8) is 0 Å². The molecule has 6 nitrogen and oxygen atoms in total. The molecule has 2 N–H and O–H groups in total. The first kappa shape index (κ1) is 17.8. The monoisotopic (exact) mass is 350 g/mol. The number of hydrogen-bond acceptors (Lipinski definition) is 6. The van der Waals surface area contributed by atoms with Gasteiger partial charge in [0.15, 0.2) is 0 Å². The average Bonchev–Trinajstić information content (AvgIpc) is 2.72. The van der Waals surface area contributed by atoms with Crippen molar-refractivity contribution in [1.29, 1.82) is 0 Å². The van der Waals surface area contributed by atoms with Crippen molar-refractivity contribution in [2.24, 2.45) is 0 Å². The molecule has 0 aliphatic heterocycles. The molecular formula is C20H22N4O2. The molecule has 0 saturated heterocycles. The minimum Gasteiger partial charge on any atom is -0.496 e. The Kier molecular flexibility index (Phi) is 5.76. The lowest BCUT2D eigenvalue weighted by Gasteiger charge is -2.18. The molecule has 0 amide bonds. The fraction of sp³-hybridized carbons (Fsp3) is 0.250.